The highest BCUT2D eigenvalue weighted by Gasteiger charge is 2.22. The Morgan fingerprint density at radius 1 is 1.42 bits per heavy atom. The lowest BCUT2D eigenvalue weighted by Crippen LogP contribution is -2.47. The molecule has 0 spiro atoms. The second-order valence-corrected chi connectivity index (χ2v) is 4.88. The van der Waals surface area contributed by atoms with E-state index in [-0.39, 0.29) is 11.9 Å². The van der Waals surface area contributed by atoms with Crippen LogP contribution in [0.5, 0.6) is 0 Å². The van der Waals surface area contributed by atoms with E-state index in [9.17, 15) is 4.79 Å². The lowest BCUT2D eigenvalue weighted by atomic mass is 10.1. The summed E-state index contributed by atoms with van der Waals surface area (Å²) in [6, 6.07) is 5.39. The van der Waals surface area contributed by atoms with Gasteiger partial charge in [-0.25, -0.2) is 0 Å². The van der Waals surface area contributed by atoms with Crippen molar-refractivity contribution in [3.8, 4) is 0 Å². The molecule has 2 rings (SSSR count). The molecule has 104 valence electrons. The van der Waals surface area contributed by atoms with Crippen molar-refractivity contribution in [3.63, 3.8) is 0 Å². The van der Waals surface area contributed by atoms with Gasteiger partial charge in [0.05, 0.1) is 13.2 Å². The molecule has 1 amide bonds. The number of amides is 1. The third-order valence-corrected chi connectivity index (χ3v) is 3.32. The second-order valence-electron chi connectivity index (χ2n) is 4.88. The fourth-order valence-corrected chi connectivity index (χ4v) is 2.20. The average Bonchev–Trinajstić information content (AvgIpc) is 2.42. The topological polar surface area (TPSA) is 67.6 Å². The number of aryl methyl sites for hydroxylation is 1. The molecule has 1 unspecified atom stereocenters. The number of carbonyl (C=O) groups is 1. The zero-order chi connectivity index (χ0) is 13.8. The monoisotopic (exact) mass is 263 g/mol. The van der Waals surface area contributed by atoms with Crippen molar-refractivity contribution in [2.24, 2.45) is 0 Å². The van der Waals surface area contributed by atoms with Gasteiger partial charge in [-0.15, -0.1) is 0 Å². The summed E-state index contributed by atoms with van der Waals surface area (Å²) in [7, 11) is 0. The zero-order valence-corrected chi connectivity index (χ0v) is 11.5. The normalized spacial score (nSPS) is 17.1. The van der Waals surface area contributed by atoms with Gasteiger partial charge in [0.2, 0.25) is 5.91 Å². The van der Waals surface area contributed by atoms with Crippen molar-refractivity contribution in [2.75, 3.05) is 37.4 Å². The van der Waals surface area contributed by atoms with Crippen molar-refractivity contribution in [3.05, 3.63) is 23.8 Å². The van der Waals surface area contributed by atoms with Crippen molar-refractivity contribution in [2.45, 2.75) is 19.9 Å². The van der Waals surface area contributed by atoms with E-state index in [0.29, 0.717) is 26.3 Å². The molecule has 0 radical (unpaired) electrons. The van der Waals surface area contributed by atoms with Gasteiger partial charge in [0.1, 0.15) is 6.04 Å². The minimum Gasteiger partial charge on any atom is -0.399 e. The van der Waals surface area contributed by atoms with E-state index in [0.717, 1.165) is 16.9 Å². The van der Waals surface area contributed by atoms with Gasteiger partial charge in [-0.2, -0.15) is 0 Å². The Morgan fingerprint density at radius 2 is 2.11 bits per heavy atom. The van der Waals surface area contributed by atoms with E-state index in [1.807, 2.05) is 36.9 Å². The highest BCUT2D eigenvalue weighted by molar-refractivity contribution is 5.84. The van der Waals surface area contributed by atoms with Crippen LogP contribution in [-0.4, -0.2) is 43.2 Å². The first-order chi connectivity index (χ1) is 9.08. The quantitative estimate of drug-likeness (QED) is 0.805. The molecule has 5 heteroatoms. The van der Waals surface area contributed by atoms with Gasteiger partial charge in [-0.1, -0.05) is 0 Å². The Kier molecular flexibility index (Phi) is 4.27. The first-order valence-corrected chi connectivity index (χ1v) is 6.57. The van der Waals surface area contributed by atoms with Crippen LogP contribution in [0.1, 0.15) is 12.5 Å². The Labute approximate surface area is 113 Å². The van der Waals surface area contributed by atoms with Crippen molar-refractivity contribution in [1.29, 1.82) is 0 Å². The molecular formula is C14H21N3O2. The Morgan fingerprint density at radius 3 is 2.74 bits per heavy atom. The van der Waals surface area contributed by atoms with E-state index in [1.165, 1.54) is 0 Å². The molecule has 1 aromatic rings. The molecular weight excluding hydrogens is 242 g/mol. The predicted octanol–water partition coefficient (Wildman–Crippen LogP) is 1.24. The molecule has 1 atom stereocenters. The molecule has 0 aliphatic carbocycles. The Hall–Kier alpha value is -1.75. The zero-order valence-electron chi connectivity index (χ0n) is 11.5. The first-order valence-electron chi connectivity index (χ1n) is 6.57. The highest BCUT2D eigenvalue weighted by atomic mass is 16.5. The summed E-state index contributed by atoms with van der Waals surface area (Å²) in [6.07, 6.45) is 0. The maximum absolute atomic E-state index is 12.3. The molecule has 5 nitrogen and oxygen atoms in total. The second kappa shape index (κ2) is 5.93. The highest BCUT2D eigenvalue weighted by Crippen LogP contribution is 2.19. The number of rotatable bonds is 3. The maximum atomic E-state index is 12.3. The van der Waals surface area contributed by atoms with Gasteiger partial charge in [0, 0.05) is 24.5 Å². The number of benzene rings is 1. The van der Waals surface area contributed by atoms with Gasteiger partial charge in [0.15, 0.2) is 0 Å². The molecule has 1 saturated heterocycles. The number of anilines is 2. The summed E-state index contributed by atoms with van der Waals surface area (Å²) in [5.74, 6) is 0.111. The summed E-state index contributed by atoms with van der Waals surface area (Å²) in [4.78, 5) is 14.1. The van der Waals surface area contributed by atoms with Crippen LogP contribution in [0.3, 0.4) is 0 Å². The molecule has 1 heterocycles. The van der Waals surface area contributed by atoms with Gasteiger partial charge < -0.3 is 20.7 Å². The van der Waals surface area contributed by atoms with Crippen LogP contribution in [0.25, 0.3) is 0 Å². The minimum atomic E-state index is -0.250. The third kappa shape index (κ3) is 3.38. The Balaban J connectivity index is 1.99. The molecule has 1 aromatic carbocycles. The molecule has 0 aromatic heterocycles. The Bertz CT molecular complexity index is 456. The van der Waals surface area contributed by atoms with E-state index < -0.39 is 0 Å². The fourth-order valence-electron chi connectivity index (χ4n) is 2.20. The smallest absolute Gasteiger partial charge is 0.244 e. The van der Waals surface area contributed by atoms with Crippen LogP contribution in [-0.2, 0) is 9.53 Å². The van der Waals surface area contributed by atoms with Crippen molar-refractivity contribution >= 4 is 17.3 Å². The van der Waals surface area contributed by atoms with E-state index >= 15 is 0 Å². The van der Waals surface area contributed by atoms with E-state index in [4.69, 9.17) is 10.5 Å². The summed E-state index contributed by atoms with van der Waals surface area (Å²) >= 11 is 0. The molecule has 19 heavy (non-hydrogen) atoms. The number of nitrogens with one attached hydrogen (secondary N) is 1. The summed E-state index contributed by atoms with van der Waals surface area (Å²) in [5, 5.41) is 3.25. The number of hydrogen-bond donors (Lipinski definition) is 2. The molecule has 1 aliphatic heterocycles. The molecule has 3 N–H and O–H groups in total. The van der Waals surface area contributed by atoms with Crippen molar-refractivity contribution < 1.29 is 9.53 Å². The minimum absolute atomic E-state index is 0.111. The number of nitrogens with two attached hydrogens (primary N) is 1. The van der Waals surface area contributed by atoms with Crippen LogP contribution in [0.2, 0.25) is 0 Å². The number of morpholine rings is 1. The predicted molar refractivity (Wildman–Crippen MR) is 76.1 cm³/mol. The lowest BCUT2D eigenvalue weighted by molar-refractivity contribution is -0.135. The first kappa shape index (κ1) is 13.7. The standard InChI is InChI=1S/C14H21N3O2/c1-10-9-12(15)3-4-13(10)16-11(2)14(18)17-5-7-19-8-6-17/h3-4,9,11,16H,5-8,15H2,1-2H3. The van der Waals surface area contributed by atoms with Crippen LogP contribution in [0.4, 0.5) is 11.4 Å². The van der Waals surface area contributed by atoms with Gasteiger partial charge in [-0.3, -0.25) is 4.79 Å². The van der Waals surface area contributed by atoms with Gasteiger partial charge in [-0.05, 0) is 37.6 Å². The fraction of sp³-hybridized carbons (Fsp3) is 0.500. The van der Waals surface area contributed by atoms with Crippen LogP contribution < -0.4 is 11.1 Å². The largest absolute Gasteiger partial charge is 0.399 e. The number of ether oxygens (including phenoxy) is 1. The van der Waals surface area contributed by atoms with E-state index in [1.54, 1.807) is 0 Å². The van der Waals surface area contributed by atoms with E-state index in [2.05, 4.69) is 5.32 Å². The number of nitrogens with zero attached hydrogens (tertiary/aromatic N) is 1. The summed E-state index contributed by atoms with van der Waals surface area (Å²) in [6.45, 7) is 6.45. The molecule has 1 aliphatic rings. The molecule has 1 fully saturated rings. The number of hydrogen-bond acceptors (Lipinski definition) is 4. The van der Waals surface area contributed by atoms with Gasteiger partial charge >= 0.3 is 0 Å². The average molecular weight is 263 g/mol. The molecule has 0 bridgehead atoms. The number of nitrogen functional groups attached to an aromatic ring is 1. The van der Waals surface area contributed by atoms with Crippen LogP contribution >= 0.6 is 0 Å². The van der Waals surface area contributed by atoms with Crippen LogP contribution in [0, 0.1) is 6.92 Å². The third-order valence-electron chi connectivity index (χ3n) is 3.32. The summed E-state index contributed by atoms with van der Waals surface area (Å²) < 4.78 is 5.25. The lowest BCUT2D eigenvalue weighted by Gasteiger charge is -2.30. The summed E-state index contributed by atoms with van der Waals surface area (Å²) in [5.41, 5.74) is 8.44. The van der Waals surface area contributed by atoms with Gasteiger partial charge in [0.25, 0.3) is 0 Å². The number of carbonyl (C=O) groups excluding carboxylic acids is 1. The van der Waals surface area contributed by atoms with Crippen molar-refractivity contribution in [1.82, 2.24) is 4.90 Å². The molecule has 0 saturated carbocycles. The maximum Gasteiger partial charge on any atom is 0.244 e. The SMILES string of the molecule is Cc1cc(N)ccc1NC(C)C(=O)N1CCOCC1. The van der Waals surface area contributed by atoms with Crippen LogP contribution in [0.15, 0.2) is 18.2 Å².